The van der Waals surface area contributed by atoms with Crippen LogP contribution >= 0.6 is 0 Å². The Morgan fingerprint density at radius 2 is 2.00 bits per heavy atom. The Bertz CT molecular complexity index is 1860. The number of nitrogens with zero attached hydrogens (tertiary/aromatic N) is 5. The summed E-state index contributed by atoms with van der Waals surface area (Å²) in [5.41, 5.74) is 3.59. The molecule has 1 atom stereocenters. The molecule has 3 aromatic heterocycles. The highest BCUT2D eigenvalue weighted by Gasteiger charge is 2.20. The summed E-state index contributed by atoms with van der Waals surface area (Å²) < 4.78 is 57.4. The summed E-state index contributed by atoms with van der Waals surface area (Å²) in [5, 5.41) is 12.0. The Morgan fingerprint density at radius 1 is 1.12 bits per heavy atom. The molecule has 3 N–H and O–H groups in total. The van der Waals surface area contributed by atoms with Crippen molar-refractivity contribution >= 4 is 38.2 Å². The van der Waals surface area contributed by atoms with Gasteiger partial charge in [-0.3, -0.25) is 4.72 Å². The van der Waals surface area contributed by atoms with Crippen LogP contribution in [-0.4, -0.2) is 52.1 Å². The van der Waals surface area contributed by atoms with E-state index in [1.165, 1.54) is 18.5 Å². The molecule has 0 amide bonds. The van der Waals surface area contributed by atoms with Crippen molar-refractivity contribution in [2.45, 2.75) is 38.0 Å². The number of sulfonamides is 1. The Labute approximate surface area is 235 Å². The molecular weight excluding hydrogens is 550 g/mol. The van der Waals surface area contributed by atoms with Crippen molar-refractivity contribution in [3.05, 3.63) is 77.8 Å². The number of aromatic nitrogens is 5. The highest BCUT2D eigenvalue weighted by atomic mass is 32.2. The first-order valence-corrected chi connectivity index (χ1v) is 15.0. The first-order chi connectivity index (χ1) is 19.8. The second-order valence-electron chi connectivity index (χ2n) is 10.0. The molecule has 212 valence electrons. The summed E-state index contributed by atoms with van der Waals surface area (Å²) in [6.45, 7) is 3.97. The van der Waals surface area contributed by atoms with Crippen molar-refractivity contribution in [3.8, 4) is 11.3 Å². The molecule has 0 radical (unpaired) electrons. The molecule has 1 fully saturated rings. The summed E-state index contributed by atoms with van der Waals surface area (Å²) in [4.78, 5) is 13.5. The molecule has 10 nitrogen and oxygen atoms in total. The van der Waals surface area contributed by atoms with Crippen LogP contribution in [0, 0.1) is 11.6 Å². The number of anilines is 2. The maximum Gasteiger partial charge on any atom is 0.238 e. The van der Waals surface area contributed by atoms with Crippen LogP contribution in [0.5, 0.6) is 0 Å². The quantitative estimate of drug-likeness (QED) is 0.249. The lowest BCUT2D eigenvalue weighted by molar-refractivity contribution is 0.478. The van der Waals surface area contributed by atoms with Gasteiger partial charge in [0.1, 0.15) is 11.8 Å². The van der Waals surface area contributed by atoms with E-state index in [0.717, 1.165) is 60.4 Å². The SMILES string of the molecule is CCc1cc(-c2ccc3c(NS(=O)(=O)Cc4cccc(F)c4F)ncnn23)cc2cnc(N[C@H]3CCCNC3)nc12. The van der Waals surface area contributed by atoms with Crippen LogP contribution in [-0.2, 0) is 22.2 Å². The molecule has 5 aromatic rings. The van der Waals surface area contributed by atoms with Crippen LogP contribution in [0.25, 0.3) is 27.7 Å². The molecule has 1 aliphatic rings. The fraction of sp³-hybridized carbons (Fsp3) is 0.286. The number of hydrogen-bond donors (Lipinski definition) is 3. The van der Waals surface area contributed by atoms with Crippen LogP contribution < -0.4 is 15.4 Å². The van der Waals surface area contributed by atoms with Crippen molar-refractivity contribution < 1.29 is 17.2 Å². The number of aryl methyl sites for hydroxylation is 1. The van der Waals surface area contributed by atoms with E-state index in [-0.39, 0.29) is 17.4 Å². The lowest BCUT2D eigenvalue weighted by atomic mass is 10.0. The van der Waals surface area contributed by atoms with Crippen molar-refractivity contribution in [3.63, 3.8) is 0 Å². The van der Waals surface area contributed by atoms with Crippen molar-refractivity contribution in [2.24, 2.45) is 0 Å². The van der Waals surface area contributed by atoms with E-state index in [4.69, 9.17) is 4.98 Å². The first kappa shape index (κ1) is 27.0. The number of piperidine rings is 1. The van der Waals surface area contributed by atoms with Crippen LogP contribution in [0.1, 0.15) is 30.9 Å². The molecule has 2 aromatic carbocycles. The average molecular weight is 579 g/mol. The van der Waals surface area contributed by atoms with Gasteiger partial charge >= 0.3 is 0 Å². The minimum atomic E-state index is -4.11. The Hall–Kier alpha value is -4.23. The summed E-state index contributed by atoms with van der Waals surface area (Å²) in [5.74, 6) is -2.43. The topological polar surface area (TPSA) is 126 Å². The summed E-state index contributed by atoms with van der Waals surface area (Å²) in [7, 11) is -4.11. The molecular formula is C28H28F2N8O2S. The van der Waals surface area contributed by atoms with E-state index in [0.29, 0.717) is 17.2 Å². The van der Waals surface area contributed by atoms with Gasteiger partial charge in [0.25, 0.3) is 0 Å². The number of hydrogen-bond acceptors (Lipinski definition) is 8. The molecule has 0 spiro atoms. The molecule has 0 aliphatic carbocycles. The molecule has 1 saturated heterocycles. The minimum Gasteiger partial charge on any atom is -0.350 e. The monoisotopic (exact) mass is 578 g/mol. The highest BCUT2D eigenvalue weighted by Crippen LogP contribution is 2.30. The number of halogens is 2. The minimum absolute atomic E-state index is 0.0239. The van der Waals surface area contributed by atoms with E-state index in [1.807, 2.05) is 18.2 Å². The zero-order chi connectivity index (χ0) is 28.6. The van der Waals surface area contributed by atoms with Crippen molar-refractivity contribution in [1.82, 2.24) is 29.9 Å². The van der Waals surface area contributed by atoms with Gasteiger partial charge in [-0.25, -0.2) is 36.7 Å². The van der Waals surface area contributed by atoms with Gasteiger partial charge in [-0.15, -0.1) is 0 Å². The lowest BCUT2D eigenvalue weighted by Gasteiger charge is -2.23. The molecule has 1 aliphatic heterocycles. The van der Waals surface area contributed by atoms with Gasteiger partial charge in [-0.05, 0) is 61.7 Å². The van der Waals surface area contributed by atoms with Crippen LogP contribution in [0.2, 0.25) is 0 Å². The maximum absolute atomic E-state index is 14.1. The van der Waals surface area contributed by atoms with Gasteiger partial charge in [-0.1, -0.05) is 19.1 Å². The molecule has 0 unspecified atom stereocenters. The van der Waals surface area contributed by atoms with Crippen LogP contribution in [0.15, 0.2) is 55.0 Å². The Balaban J connectivity index is 1.31. The van der Waals surface area contributed by atoms with Gasteiger partial charge in [0.2, 0.25) is 16.0 Å². The predicted octanol–water partition coefficient (Wildman–Crippen LogP) is 4.29. The molecule has 41 heavy (non-hydrogen) atoms. The summed E-state index contributed by atoms with van der Waals surface area (Å²) >= 11 is 0. The van der Waals surface area contributed by atoms with Crippen LogP contribution in [0.3, 0.4) is 0 Å². The number of benzene rings is 2. The normalized spacial score (nSPS) is 15.8. The third-order valence-electron chi connectivity index (χ3n) is 7.15. The van der Waals surface area contributed by atoms with Crippen molar-refractivity contribution in [2.75, 3.05) is 23.1 Å². The zero-order valence-corrected chi connectivity index (χ0v) is 23.0. The van der Waals surface area contributed by atoms with E-state index < -0.39 is 27.4 Å². The summed E-state index contributed by atoms with van der Waals surface area (Å²) in [6, 6.07) is 11.2. The molecule has 13 heteroatoms. The highest BCUT2D eigenvalue weighted by molar-refractivity contribution is 7.91. The van der Waals surface area contributed by atoms with Gasteiger partial charge in [0.05, 0.1) is 17.0 Å². The fourth-order valence-electron chi connectivity index (χ4n) is 5.14. The number of nitrogens with one attached hydrogen (secondary N) is 3. The van der Waals surface area contributed by atoms with Gasteiger partial charge in [0.15, 0.2) is 17.5 Å². The second kappa shape index (κ2) is 11.0. The smallest absolute Gasteiger partial charge is 0.238 e. The molecule has 0 bridgehead atoms. The van der Waals surface area contributed by atoms with Gasteiger partial charge < -0.3 is 10.6 Å². The number of rotatable bonds is 8. The van der Waals surface area contributed by atoms with Crippen molar-refractivity contribution in [1.29, 1.82) is 0 Å². The fourth-order valence-corrected chi connectivity index (χ4v) is 6.30. The average Bonchev–Trinajstić information content (AvgIpc) is 3.41. The number of fused-ring (bicyclic) bond motifs is 2. The standard InChI is InChI=1S/C28H28F2N8O2S/c1-2-17-11-19(12-20-13-32-28(36-26(17)20)35-21-6-4-10-31-14-21)23-8-9-24-27(33-16-34-38(23)24)37-41(39,40)15-18-5-3-7-22(29)25(18)30/h3,5,7-9,11-13,16,21,31H,2,4,6,10,14-15H2,1H3,(H,32,35,36)(H,33,34,37)/t21-/m0/s1. The molecule has 6 rings (SSSR count). The third-order valence-corrected chi connectivity index (χ3v) is 8.35. The maximum atomic E-state index is 14.1. The van der Waals surface area contributed by atoms with Gasteiger partial charge in [-0.2, -0.15) is 5.10 Å². The van der Waals surface area contributed by atoms with E-state index in [1.54, 1.807) is 16.8 Å². The van der Waals surface area contributed by atoms with Gasteiger partial charge in [0, 0.05) is 35.3 Å². The molecule has 4 heterocycles. The van der Waals surface area contributed by atoms with E-state index in [9.17, 15) is 17.2 Å². The largest absolute Gasteiger partial charge is 0.350 e. The Morgan fingerprint density at radius 3 is 2.80 bits per heavy atom. The summed E-state index contributed by atoms with van der Waals surface area (Å²) in [6.07, 6.45) is 5.96. The lowest BCUT2D eigenvalue weighted by Crippen LogP contribution is -2.38. The zero-order valence-electron chi connectivity index (χ0n) is 22.2. The van der Waals surface area contributed by atoms with E-state index in [2.05, 4.69) is 37.3 Å². The Kier molecular flexibility index (Phi) is 7.22. The van der Waals surface area contributed by atoms with E-state index >= 15 is 0 Å². The first-order valence-electron chi connectivity index (χ1n) is 13.3. The second-order valence-corrected chi connectivity index (χ2v) is 11.7. The third kappa shape index (κ3) is 5.55. The predicted molar refractivity (Wildman–Crippen MR) is 153 cm³/mol. The van der Waals surface area contributed by atoms with Crippen LogP contribution in [0.4, 0.5) is 20.5 Å². The molecule has 0 saturated carbocycles.